The van der Waals surface area contributed by atoms with Crippen molar-refractivity contribution in [1.29, 1.82) is 5.26 Å². The molecular weight excluding hydrogens is 348 g/mol. The number of carbonyl (C=O) groups is 1. The van der Waals surface area contributed by atoms with Crippen molar-refractivity contribution in [3.05, 3.63) is 64.8 Å². The fourth-order valence-corrected chi connectivity index (χ4v) is 3.29. The lowest BCUT2D eigenvalue weighted by atomic mass is 10.1. The van der Waals surface area contributed by atoms with Gasteiger partial charge in [0.2, 0.25) is 5.91 Å². The normalized spacial score (nSPS) is 17.3. The van der Waals surface area contributed by atoms with E-state index in [0.29, 0.717) is 36.0 Å². The van der Waals surface area contributed by atoms with Crippen molar-refractivity contribution in [3.8, 4) is 6.07 Å². The molecule has 1 aromatic carbocycles. The van der Waals surface area contributed by atoms with Crippen molar-refractivity contribution in [2.24, 2.45) is 0 Å². The summed E-state index contributed by atoms with van der Waals surface area (Å²) in [6.07, 6.45) is 5.05. The second-order valence-corrected chi connectivity index (χ2v) is 6.64. The van der Waals surface area contributed by atoms with Gasteiger partial charge in [-0.1, -0.05) is 23.7 Å². The zero-order valence-corrected chi connectivity index (χ0v) is 15.2. The van der Waals surface area contributed by atoms with Gasteiger partial charge in [0.05, 0.1) is 5.56 Å². The zero-order chi connectivity index (χ0) is 18.5. The van der Waals surface area contributed by atoms with E-state index in [1.54, 1.807) is 36.5 Å². The molecule has 1 amide bonds. The van der Waals surface area contributed by atoms with E-state index >= 15 is 0 Å². The second-order valence-electron chi connectivity index (χ2n) is 6.20. The summed E-state index contributed by atoms with van der Waals surface area (Å²) >= 11 is 5.97. The van der Waals surface area contributed by atoms with Crippen LogP contribution in [0.15, 0.2) is 48.7 Å². The Morgan fingerprint density at radius 3 is 2.92 bits per heavy atom. The number of piperazine rings is 1. The molecule has 0 spiro atoms. The number of pyridine rings is 1. The maximum Gasteiger partial charge on any atom is 0.246 e. The molecule has 1 saturated heterocycles. The number of rotatable bonds is 3. The molecule has 1 fully saturated rings. The summed E-state index contributed by atoms with van der Waals surface area (Å²) in [6, 6.07) is 13.1. The van der Waals surface area contributed by atoms with Crippen molar-refractivity contribution >= 4 is 29.4 Å². The molecule has 5 nitrogen and oxygen atoms in total. The van der Waals surface area contributed by atoms with E-state index in [0.717, 1.165) is 5.56 Å². The van der Waals surface area contributed by atoms with Gasteiger partial charge >= 0.3 is 0 Å². The van der Waals surface area contributed by atoms with E-state index < -0.39 is 0 Å². The topological polar surface area (TPSA) is 60.2 Å². The third-order valence-electron chi connectivity index (χ3n) is 4.38. The number of carbonyl (C=O) groups excluding carboxylic acids is 1. The van der Waals surface area contributed by atoms with Crippen LogP contribution in [0.1, 0.15) is 18.1 Å². The molecule has 0 radical (unpaired) electrons. The van der Waals surface area contributed by atoms with Crippen molar-refractivity contribution in [2.45, 2.75) is 13.0 Å². The minimum absolute atomic E-state index is 0.0220. The summed E-state index contributed by atoms with van der Waals surface area (Å²) in [4.78, 5) is 20.8. The molecule has 0 N–H and O–H groups in total. The molecule has 26 heavy (non-hydrogen) atoms. The first-order chi connectivity index (χ1) is 12.6. The highest BCUT2D eigenvalue weighted by Gasteiger charge is 2.27. The van der Waals surface area contributed by atoms with E-state index in [-0.39, 0.29) is 11.9 Å². The van der Waals surface area contributed by atoms with Crippen molar-refractivity contribution in [2.75, 3.05) is 24.5 Å². The minimum Gasteiger partial charge on any atom is -0.352 e. The first kappa shape index (κ1) is 18.0. The van der Waals surface area contributed by atoms with Gasteiger partial charge in [-0.15, -0.1) is 0 Å². The monoisotopic (exact) mass is 366 g/mol. The van der Waals surface area contributed by atoms with Crippen LogP contribution in [-0.4, -0.2) is 41.5 Å². The number of aromatic nitrogens is 1. The molecule has 0 aliphatic carbocycles. The van der Waals surface area contributed by atoms with E-state index in [1.807, 2.05) is 30.0 Å². The van der Waals surface area contributed by atoms with Crippen molar-refractivity contribution < 1.29 is 4.79 Å². The van der Waals surface area contributed by atoms with Crippen LogP contribution in [0.4, 0.5) is 5.82 Å². The number of nitriles is 1. The number of nitrogens with zero attached hydrogens (tertiary/aromatic N) is 4. The Bertz CT molecular complexity index is 874. The third kappa shape index (κ3) is 4.04. The average molecular weight is 367 g/mol. The van der Waals surface area contributed by atoms with Gasteiger partial charge in [-0.3, -0.25) is 4.79 Å². The predicted molar refractivity (Wildman–Crippen MR) is 103 cm³/mol. The molecule has 2 heterocycles. The summed E-state index contributed by atoms with van der Waals surface area (Å²) < 4.78 is 0. The smallest absolute Gasteiger partial charge is 0.246 e. The van der Waals surface area contributed by atoms with Gasteiger partial charge in [0.1, 0.15) is 11.9 Å². The third-order valence-corrected chi connectivity index (χ3v) is 4.62. The van der Waals surface area contributed by atoms with Crippen molar-refractivity contribution in [3.63, 3.8) is 0 Å². The Balaban J connectivity index is 1.67. The van der Waals surface area contributed by atoms with Crippen LogP contribution in [0.5, 0.6) is 0 Å². The van der Waals surface area contributed by atoms with Crippen LogP contribution in [0, 0.1) is 11.3 Å². The standard InChI is InChI=1S/C20H19ClN4O/c1-15-14-24(20-17(13-22)5-3-9-23-20)10-11-25(15)19(26)8-7-16-4-2-6-18(21)12-16/h2-9,12,15H,10-11,14H2,1H3. The number of hydrogen-bond acceptors (Lipinski definition) is 4. The highest BCUT2D eigenvalue weighted by atomic mass is 35.5. The molecule has 1 aliphatic heterocycles. The number of anilines is 1. The Hall–Kier alpha value is -2.84. The highest BCUT2D eigenvalue weighted by molar-refractivity contribution is 6.30. The molecule has 2 aromatic rings. The number of halogens is 1. The van der Waals surface area contributed by atoms with E-state index in [9.17, 15) is 10.1 Å². The van der Waals surface area contributed by atoms with Crippen LogP contribution < -0.4 is 4.90 Å². The van der Waals surface area contributed by atoms with E-state index in [1.165, 1.54) is 0 Å². The number of hydrogen-bond donors (Lipinski definition) is 0. The lowest BCUT2D eigenvalue weighted by Gasteiger charge is -2.40. The van der Waals surface area contributed by atoms with Gasteiger partial charge in [-0.05, 0) is 42.8 Å². The fourth-order valence-electron chi connectivity index (χ4n) is 3.09. The van der Waals surface area contributed by atoms with Gasteiger partial charge in [0, 0.05) is 43.0 Å². The molecule has 1 unspecified atom stereocenters. The summed E-state index contributed by atoms with van der Waals surface area (Å²) in [5.74, 6) is 0.655. The first-order valence-electron chi connectivity index (χ1n) is 8.43. The Morgan fingerprint density at radius 1 is 1.35 bits per heavy atom. The largest absolute Gasteiger partial charge is 0.352 e. The summed E-state index contributed by atoms with van der Waals surface area (Å²) in [5, 5.41) is 9.90. The van der Waals surface area contributed by atoms with Crippen LogP contribution in [0.3, 0.4) is 0 Å². The van der Waals surface area contributed by atoms with Gasteiger partial charge in [0.25, 0.3) is 0 Å². The van der Waals surface area contributed by atoms with Crippen LogP contribution in [0.2, 0.25) is 5.02 Å². The highest BCUT2D eigenvalue weighted by Crippen LogP contribution is 2.21. The maximum atomic E-state index is 12.6. The first-order valence-corrected chi connectivity index (χ1v) is 8.80. The summed E-state index contributed by atoms with van der Waals surface area (Å²) in [5.41, 5.74) is 1.45. The quantitative estimate of drug-likeness (QED) is 0.781. The second kappa shape index (κ2) is 8.03. The Kier molecular flexibility index (Phi) is 5.55. The van der Waals surface area contributed by atoms with Crippen LogP contribution >= 0.6 is 11.6 Å². The van der Waals surface area contributed by atoms with Gasteiger partial charge in [-0.2, -0.15) is 5.26 Å². The fraction of sp³-hybridized carbons (Fsp3) is 0.250. The van der Waals surface area contributed by atoms with E-state index in [2.05, 4.69) is 16.0 Å². The number of benzene rings is 1. The Labute approximate surface area is 158 Å². The SMILES string of the molecule is CC1CN(c2ncccc2C#N)CCN1C(=O)C=Cc1cccc(Cl)c1. The lowest BCUT2D eigenvalue weighted by molar-refractivity contribution is -0.128. The molecule has 0 saturated carbocycles. The molecule has 1 aromatic heterocycles. The molecule has 1 aliphatic rings. The van der Waals surface area contributed by atoms with Crippen molar-refractivity contribution in [1.82, 2.24) is 9.88 Å². The molecule has 0 bridgehead atoms. The van der Waals surface area contributed by atoms with Crippen LogP contribution in [-0.2, 0) is 4.79 Å². The summed E-state index contributed by atoms with van der Waals surface area (Å²) in [6.45, 7) is 3.88. The van der Waals surface area contributed by atoms with Gasteiger partial charge in [-0.25, -0.2) is 4.98 Å². The molecule has 1 atom stereocenters. The average Bonchev–Trinajstić information content (AvgIpc) is 2.66. The van der Waals surface area contributed by atoms with Crippen LogP contribution in [0.25, 0.3) is 6.08 Å². The van der Waals surface area contributed by atoms with E-state index in [4.69, 9.17) is 11.6 Å². The Morgan fingerprint density at radius 2 is 2.19 bits per heavy atom. The van der Waals surface area contributed by atoms with Gasteiger partial charge < -0.3 is 9.80 Å². The predicted octanol–water partition coefficient (Wildman–Crippen LogP) is 3.36. The number of amides is 1. The molecule has 132 valence electrons. The summed E-state index contributed by atoms with van der Waals surface area (Å²) in [7, 11) is 0. The lowest BCUT2D eigenvalue weighted by Crippen LogP contribution is -2.54. The van der Waals surface area contributed by atoms with Gasteiger partial charge in [0.15, 0.2) is 0 Å². The maximum absolute atomic E-state index is 12.6. The zero-order valence-electron chi connectivity index (χ0n) is 14.5. The molecule has 6 heteroatoms. The molecular formula is C20H19ClN4O. The minimum atomic E-state index is -0.0290. The molecule has 3 rings (SSSR count).